The lowest BCUT2D eigenvalue weighted by Gasteiger charge is -2.12. The molecule has 0 aliphatic carbocycles. The first-order valence-corrected chi connectivity index (χ1v) is 12.8. The number of nitrogens with zero attached hydrogens (tertiary/aromatic N) is 1. The molecule has 0 saturated heterocycles. The summed E-state index contributed by atoms with van der Waals surface area (Å²) >= 11 is 4.56. The summed E-state index contributed by atoms with van der Waals surface area (Å²) in [7, 11) is 0. The lowest BCUT2D eigenvalue weighted by Crippen LogP contribution is -2.23. The van der Waals surface area contributed by atoms with E-state index >= 15 is 0 Å². The molecule has 8 heteroatoms. The van der Waals surface area contributed by atoms with Crippen molar-refractivity contribution in [1.82, 2.24) is 9.97 Å². The topological polar surface area (TPSA) is 74.8 Å². The number of hydrogen-bond acceptors (Lipinski definition) is 6. The Morgan fingerprint density at radius 2 is 1.90 bits per heavy atom. The van der Waals surface area contributed by atoms with Crippen LogP contribution >= 0.6 is 34.9 Å². The minimum Gasteiger partial charge on any atom is -0.325 e. The molecule has 2 aromatic heterocycles. The second kappa shape index (κ2) is 9.72. The molecule has 2 aromatic carbocycles. The van der Waals surface area contributed by atoms with Crippen molar-refractivity contribution in [3.8, 4) is 11.1 Å². The highest BCUT2D eigenvalue weighted by Crippen LogP contribution is 2.31. The SMILES string of the molecule is CSc1ccc(NC(=O)C(C)SCc2nc3scc(-c4ccccc4)c3c(=O)[nH]2)cc1. The minimum atomic E-state index is -0.288. The average Bonchev–Trinajstić information content (AvgIpc) is 3.23. The van der Waals surface area contributed by atoms with Crippen molar-refractivity contribution in [2.45, 2.75) is 22.8 Å². The Bertz CT molecular complexity index is 1250. The molecular weight excluding hydrogens is 446 g/mol. The first-order valence-electron chi connectivity index (χ1n) is 9.67. The summed E-state index contributed by atoms with van der Waals surface area (Å²) in [6.07, 6.45) is 2.01. The van der Waals surface area contributed by atoms with Crippen LogP contribution in [-0.2, 0) is 10.5 Å². The van der Waals surface area contributed by atoms with Crippen LogP contribution in [-0.4, -0.2) is 27.4 Å². The molecule has 5 nitrogen and oxygen atoms in total. The predicted molar refractivity (Wildman–Crippen MR) is 133 cm³/mol. The number of carbonyl (C=O) groups is 1. The molecule has 2 N–H and O–H groups in total. The molecular formula is C23H21N3O2S3. The molecule has 0 fully saturated rings. The first-order chi connectivity index (χ1) is 15.0. The molecule has 31 heavy (non-hydrogen) atoms. The smallest absolute Gasteiger partial charge is 0.260 e. The molecule has 158 valence electrons. The number of fused-ring (bicyclic) bond motifs is 1. The maximum Gasteiger partial charge on any atom is 0.260 e. The van der Waals surface area contributed by atoms with E-state index in [1.807, 2.05) is 73.2 Å². The van der Waals surface area contributed by atoms with Crippen molar-refractivity contribution in [3.63, 3.8) is 0 Å². The molecule has 1 atom stereocenters. The van der Waals surface area contributed by atoms with E-state index in [2.05, 4.69) is 15.3 Å². The van der Waals surface area contributed by atoms with Crippen LogP contribution in [0.3, 0.4) is 0 Å². The summed E-state index contributed by atoms with van der Waals surface area (Å²) < 4.78 is 0. The third kappa shape index (κ3) is 5.03. The number of hydrogen-bond donors (Lipinski definition) is 2. The zero-order valence-electron chi connectivity index (χ0n) is 17.0. The van der Waals surface area contributed by atoms with Crippen LogP contribution in [0.2, 0.25) is 0 Å². The van der Waals surface area contributed by atoms with Crippen LogP contribution < -0.4 is 10.9 Å². The molecule has 4 aromatic rings. The third-order valence-corrected chi connectivity index (χ3v) is 7.54. The largest absolute Gasteiger partial charge is 0.325 e. The summed E-state index contributed by atoms with van der Waals surface area (Å²) in [6.45, 7) is 1.85. The third-order valence-electron chi connectivity index (χ3n) is 4.77. The molecule has 4 rings (SSSR count). The minimum absolute atomic E-state index is 0.0761. The average molecular weight is 468 g/mol. The molecule has 1 amide bonds. The summed E-state index contributed by atoms with van der Waals surface area (Å²) in [5.74, 6) is 0.949. The van der Waals surface area contributed by atoms with Crippen LogP contribution in [0, 0.1) is 0 Å². The number of nitrogens with one attached hydrogen (secondary N) is 2. The number of thiophene rings is 1. The second-order valence-corrected chi connectivity index (χ2v) is 9.95. The Balaban J connectivity index is 1.43. The molecule has 0 spiro atoms. The normalized spacial score (nSPS) is 12.1. The summed E-state index contributed by atoms with van der Waals surface area (Å²) in [6, 6.07) is 17.6. The van der Waals surface area contributed by atoms with E-state index in [-0.39, 0.29) is 16.7 Å². The Morgan fingerprint density at radius 1 is 1.16 bits per heavy atom. The van der Waals surface area contributed by atoms with E-state index in [4.69, 9.17) is 0 Å². The van der Waals surface area contributed by atoms with Gasteiger partial charge in [-0.2, -0.15) is 0 Å². The van der Waals surface area contributed by atoms with Gasteiger partial charge in [0.05, 0.1) is 16.4 Å². The number of thioether (sulfide) groups is 2. The molecule has 0 radical (unpaired) electrons. The van der Waals surface area contributed by atoms with Crippen molar-refractivity contribution in [2.75, 3.05) is 11.6 Å². The van der Waals surface area contributed by atoms with Gasteiger partial charge in [-0.3, -0.25) is 9.59 Å². The summed E-state index contributed by atoms with van der Waals surface area (Å²) in [4.78, 5) is 34.6. The number of anilines is 1. The van der Waals surface area contributed by atoms with Crippen LogP contribution in [0.25, 0.3) is 21.3 Å². The Kier molecular flexibility index (Phi) is 6.80. The lowest BCUT2D eigenvalue weighted by atomic mass is 10.1. The zero-order chi connectivity index (χ0) is 21.8. The fraction of sp³-hybridized carbons (Fsp3) is 0.174. The predicted octanol–water partition coefficient (Wildman–Crippen LogP) is 5.63. The number of rotatable bonds is 7. The lowest BCUT2D eigenvalue weighted by molar-refractivity contribution is -0.115. The molecule has 0 bridgehead atoms. The fourth-order valence-corrected chi connectivity index (χ4v) is 5.22. The van der Waals surface area contributed by atoms with E-state index in [9.17, 15) is 9.59 Å². The standard InChI is InChI=1S/C23H21N3O2S3/c1-14(21(27)24-16-8-10-17(29-2)11-9-16)30-13-19-25-22(28)20-18(12-31-23(20)26-19)15-6-4-3-5-7-15/h3-12,14H,13H2,1-2H3,(H,24,27)(H,25,26,28). The zero-order valence-corrected chi connectivity index (χ0v) is 19.5. The van der Waals surface area contributed by atoms with Gasteiger partial charge < -0.3 is 10.3 Å². The maximum absolute atomic E-state index is 12.7. The highest BCUT2D eigenvalue weighted by molar-refractivity contribution is 7.99. The van der Waals surface area contributed by atoms with Crippen LogP contribution in [0.4, 0.5) is 5.69 Å². The molecule has 0 aliphatic heterocycles. The van der Waals surface area contributed by atoms with Gasteiger partial charge in [-0.15, -0.1) is 34.9 Å². The van der Waals surface area contributed by atoms with Crippen molar-refractivity contribution in [1.29, 1.82) is 0 Å². The number of H-pyrrole nitrogens is 1. The highest BCUT2D eigenvalue weighted by Gasteiger charge is 2.16. The van der Waals surface area contributed by atoms with E-state index in [1.54, 1.807) is 11.8 Å². The first kappa shape index (κ1) is 21.7. The Hall–Kier alpha value is -2.55. The van der Waals surface area contributed by atoms with Gasteiger partial charge in [0.25, 0.3) is 5.56 Å². The van der Waals surface area contributed by atoms with Gasteiger partial charge in [0.2, 0.25) is 5.91 Å². The van der Waals surface area contributed by atoms with Gasteiger partial charge >= 0.3 is 0 Å². The maximum atomic E-state index is 12.7. The van der Waals surface area contributed by atoms with Gasteiger partial charge in [0.15, 0.2) is 0 Å². The molecule has 2 heterocycles. The summed E-state index contributed by atoms with van der Waals surface area (Å²) in [5.41, 5.74) is 2.52. The van der Waals surface area contributed by atoms with Crippen LogP contribution in [0.1, 0.15) is 12.7 Å². The quantitative estimate of drug-likeness (QED) is 0.344. The van der Waals surface area contributed by atoms with Crippen molar-refractivity contribution in [2.24, 2.45) is 0 Å². The molecule has 0 saturated carbocycles. The molecule has 1 unspecified atom stereocenters. The van der Waals surface area contributed by atoms with E-state index in [1.165, 1.54) is 23.1 Å². The number of aromatic nitrogens is 2. The number of carbonyl (C=O) groups excluding carboxylic acids is 1. The van der Waals surface area contributed by atoms with E-state index < -0.39 is 0 Å². The van der Waals surface area contributed by atoms with E-state index in [0.29, 0.717) is 21.8 Å². The van der Waals surface area contributed by atoms with Gasteiger partial charge in [0, 0.05) is 21.5 Å². The summed E-state index contributed by atoms with van der Waals surface area (Å²) in [5, 5.41) is 5.23. The van der Waals surface area contributed by atoms with Crippen molar-refractivity contribution >= 4 is 56.7 Å². The fourth-order valence-electron chi connectivity index (χ4n) is 3.09. The second-order valence-electron chi connectivity index (χ2n) is 6.88. The van der Waals surface area contributed by atoms with Gasteiger partial charge in [0.1, 0.15) is 10.7 Å². The van der Waals surface area contributed by atoms with Crippen LogP contribution in [0.15, 0.2) is 69.7 Å². The van der Waals surface area contributed by atoms with Gasteiger partial charge in [-0.1, -0.05) is 30.3 Å². The Labute approximate surface area is 192 Å². The number of benzene rings is 2. The van der Waals surface area contributed by atoms with Gasteiger partial charge in [-0.25, -0.2) is 4.98 Å². The van der Waals surface area contributed by atoms with Crippen LogP contribution in [0.5, 0.6) is 0 Å². The van der Waals surface area contributed by atoms with Crippen molar-refractivity contribution in [3.05, 3.63) is 76.2 Å². The Morgan fingerprint density at radius 3 is 2.61 bits per heavy atom. The highest BCUT2D eigenvalue weighted by atomic mass is 32.2. The van der Waals surface area contributed by atoms with Crippen molar-refractivity contribution < 1.29 is 4.79 Å². The van der Waals surface area contributed by atoms with E-state index in [0.717, 1.165) is 21.7 Å². The monoisotopic (exact) mass is 467 g/mol. The molecule has 0 aliphatic rings. The number of amides is 1. The van der Waals surface area contributed by atoms with Gasteiger partial charge in [-0.05, 0) is 43.0 Å². The number of aromatic amines is 1.